The maximum atomic E-state index is 13.1. The Kier molecular flexibility index (Phi) is 69.9. The van der Waals surface area contributed by atoms with E-state index in [1.165, 1.54) is 225 Å². The zero-order valence-electron chi connectivity index (χ0n) is 65.7. The molecule has 0 aliphatic carbocycles. The van der Waals surface area contributed by atoms with Crippen LogP contribution in [0.4, 0.5) is 0 Å². The Morgan fingerprint density at radius 1 is 0.290 bits per heavy atom. The van der Waals surface area contributed by atoms with Crippen LogP contribution in [0.15, 0.2) is 0 Å². The van der Waals surface area contributed by atoms with Gasteiger partial charge in [0.25, 0.3) is 0 Å². The third kappa shape index (κ3) is 73.0. The summed E-state index contributed by atoms with van der Waals surface area (Å²) in [5, 5.41) is 10.6. The van der Waals surface area contributed by atoms with E-state index in [2.05, 4.69) is 48.5 Å². The molecule has 17 nitrogen and oxygen atoms in total. The molecule has 0 bridgehead atoms. The first-order valence-electron chi connectivity index (χ1n) is 41.9. The number of hydrogen-bond acceptors (Lipinski definition) is 15. The minimum atomic E-state index is -4.96. The summed E-state index contributed by atoms with van der Waals surface area (Å²) in [6.07, 6.45) is 59.6. The minimum Gasteiger partial charge on any atom is -0.462 e. The molecule has 0 aliphatic heterocycles. The summed E-state index contributed by atoms with van der Waals surface area (Å²) in [6, 6.07) is 0. The summed E-state index contributed by atoms with van der Waals surface area (Å²) in [5.41, 5.74) is 0. The number of carbonyl (C=O) groups is 4. The van der Waals surface area contributed by atoms with Crippen LogP contribution in [-0.2, 0) is 65.4 Å². The monoisotopic (exact) mass is 1470 g/mol. The quantitative estimate of drug-likeness (QED) is 0.0222. The van der Waals surface area contributed by atoms with Crippen molar-refractivity contribution in [2.75, 3.05) is 39.6 Å². The number of hydrogen-bond donors (Lipinski definition) is 3. The normalized spacial score (nSPS) is 14.2. The van der Waals surface area contributed by atoms with E-state index in [-0.39, 0.29) is 25.7 Å². The molecule has 0 radical (unpaired) electrons. The van der Waals surface area contributed by atoms with Gasteiger partial charge in [-0.2, -0.15) is 0 Å². The predicted molar refractivity (Wildman–Crippen MR) is 409 cm³/mol. The van der Waals surface area contributed by atoms with Gasteiger partial charge < -0.3 is 33.8 Å². The number of aliphatic hydroxyl groups excluding tert-OH is 1. The van der Waals surface area contributed by atoms with E-state index < -0.39 is 97.5 Å². The second-order valence-electron chi connectivity index (χ2n) is 30.4. The molecule has 594 valence electrons. The molecule has 100 heavy (non-hydrogen) atoms. The number of esters is 4. The van der Waals surface area contributed by atoms with Crippen molar-refractivity contribution in [3.63, 3.8) is 0 Å². The molecule has 0 fully saturated rings. The molecule has 3 unspecified atom stereocenters. The third-order valence-corrected chi connectivity index (χ3v) is 21.1. The molecular formula is C81H158O17P2. The molecule has 0 rings (SSSR count). The molecule has 0 heterocycles. The van der Waals surface area contributed by atoms with Crippen LogP contribution in [0.1, 0.15) is 421 Å². The third-order valence-electron chi connectivity index (χ3n) is 19.2. The van der Waals surface area contributed by atoms with Crippen molar-refractivity contribution >= 4 is 39.5 Å². The molecule has 0 aromatic heterocycles. The molecule has 0 spiro atoms. The van der Waals surface area contributed by atoms with Crippen molar-refractivity contribution in [2.24, 2.45) is 17.8 Å². The first-order chi connectivity index (χ1) is 48.3. The standard InChI is InChI=1S/C81H158O17P2/c1-8-10-11-12-13-41-48-55-62-78(83)91-68-76(97-80(85)64-57-50-43-36-30-24-18-15-21-27-33-39-46-53-60-73(5)6)70-95-99(87,88)93-66-75(82)67-94-100(89,90)96-71-77(69-92-79(84)63-56-49-42-35-29-23-17-14-20-26-32-38-45-52-59-72(3)4)98-81(86)65-58-51-44-37-31-25-19-16-22-28-34-40-47-54-61-74(7)9-2/h72-77,82H,8-71H2,1-7H3,(H,87,88)(H,89,90)/t74?,75-,76+,77+/m0/s1. The molecule has 0 aliphatic rings. The zero-order valence-corrected chi connectivity index (χ0v) is 67.5. The van der Waals surface area contributed by atoms with E-state index in [0.717, 1.165) is 114 Å². The van der Waals surface area contributed by atoms with E-state index >= 15 is 0 Å². The maximum Gasteiger partial charge on any atom is 0.472 e. The Labute approximate surface area is 613 Å². The Bertz CT molecular complexity index is 1940. The van der Waals surface area contributed by atoms with Gasteiger partial charge in [0.05, 0.1) is 26.4 Å². The van der Waals surface area contributed by atoms with Gasteiger partial charge >= 0.3 is 39.5 Å². The summed E-state index contributed by atoms with van der Waals surface area (Å²) in [6.45, 7) is 12.0. The molecule has 0 aromatic rings. The number of phosphoric ester groups is 2. The lowest BCUT2D eigenvalue weighted by atomic mass is 9.99. The number of phosphoric acid groups is 2. The van der Waals surface area contributed by atoms with Gasteiger partial charge in [-0.15, -0.1) is 0 Å². The van der Waals surface area contributed by atoms with Crippen molar-refractivity contribution in [2.45, 2.75) is 439 Å². The van der Waals surface area contributed by atoms with Crippen molar-refractivity contribution in [1.82, 2.24) is 0 Å². The van der Waals surface area contributed by atoms with Gasteiger partial charge in [0.1, 0.15) is 19.3 Å². The van der Waals surface area contributed by atoms with E-state index in [9.17, 15) is 43.2 Å². The number of aliphatic hydroxyl groups is 1. The van der Waals surface area contributed by atoms with Crippen LogP contribution >= 0.6 is 15.6 Å². The highest BCUT2D eigenvalue weighted by atomic mass is 31.2. The summed E-state index contributed by atoms with van der Waals surface area (Å²) < 4.78 is 68.7. The summed E-state index contributed by atoms with van der Waals surface area (Å²) in [4.78, 5) is 73.0. The van der Waals surface area contributed by atoms with E-state index in [1.54, 1.807) is 0 Å². The van der Waals surface area contributed by atoms with Crippen LogP contribution < -0.4 is 0 Å². The first kappa shape index (κ1) is 98.1. The smallest absolute Gasteiger partial charge is 0.462 e. The lowest BCUT2D eigenvalue weighted by Crippen LogP contribution is -2.30. The Morgan fingerprint density at radius 2 is 0.510 bits per heavy atom. The first-order valence-corrected chi connectivity index (χ1v) is 44.9. The number of ether oxygens (including phenoxy) is 4. The SMILES string of the molecule is CCCCCCCCCCC(=O)OC[C@H](COP(=O)(O)OC[C@H](O)COP(=O)(O)OC[C@@H](COC(=O)CCCCCCCCCCCCCCCCC(C)C)OC(=O)CCCCCCCCCCCCCCCCC(C)CC)OC(=O)CCCCCCCCCCCCCCCCC(C)C. The molecule has 3 N–H and O–H groups in total. The molecule has 0 saturated heterocycles. The minimum absolute atomic E-state index is 0.107. The van der Waals surface area contributed by atoms with Gasteiger partial charge in [-0.05, 0) is 43.4 Å². The van der Waals surface area contributed by atoms with E-state index in [0.29, 0.717) is 25.7 Å². The van der Waals surface area contributed by atoms with Crippen LogP contribution in [0, 0.1) is 17.8 Å². The highest BCUT2D eigenvalue weighted by Gasteiger charge is 2.30. The van der Waals surface area contributed by atoms with Crippen molar-refractivity contribution in [1.29, 1.82) is 0 Å². The topological polar surface area (TPSA) is 237 Å². The fraction of sp³-hybridized carbons (Fsp3) is 0.951. The average molecular weight is 1470 g/mol. The Morgan fingerprint density at radius 3 is 0.760 bits per heavy atom. The van der Waals surface area contributed by atoms with Crippen LogP contribution in [0.5, 0.6) is 0 Å². The van der Waals surface area contributed by atoms with Crippen molar-refractivity contribution in [3.8, 4) is 0 Å². The van der Waals surface area contributed by atoms with Gasteiger partial charge in [0.15, 0.2) is 12.2 Å². The molecule has 19 heteroatoms. The predicted octanol–water partition coefficient (Wildman–Crippen LogP) is 24.1. The molecule has 0 amide bonds. The highest BCUT2D eigenvalue weighted by molar-refractivity contribution is 7.47. The summed E-state index contributed by atoms with van der Waals surface area (Å²) in [7, 11) is -9.92. The second-order valence-corrected chi connectivity index (χ2v) is 33.3. The van der Waals surface area contributed by atoms with Crippen LogP contribution in [0.2, 0.25) is 0 Å². The lowest BCUT2D eigenvalue weighted by molar-refractivity contribution is -0.161. The Hall–Kier alpha value is -1.94. The van der Waals surface area contributed by atoms with Gasteiger partial charge in [-0.3, -0.25) is 37.3 Å². The van der Waals surface area contributed by atoms with Crippen molar-refractivity contribution < 1.29 is 80.2 Å². The molecular weight excluding hydrogens is 1310 g/mol. The van der Waals surface area contributed by atoms with Gasteiger partial charge in [0, 0.05) is 25.7 Å². The number of rotatable bonds is 79. The van der Waals surface area contributed by atoms with Crippen LogP contribution in [0.25, 0.3) is 0 Å². The van der Waals surface area contributed by atoms with E-state index in [4.69, 9.17) is 37.0 Å². The lowest BCUT2D eigenvalue weighted by Gasteiger charge is -2.21. The average Bonchev–Trinajstić information content (AvgIpc) is 0.916. The van der Waals surface area contributed by atoms with Crippen molar-refractivity contribution in [3.05, 3.63) is 0 Å². The maximum absolute atomic E-state index is 13.1. The summed E-state index contributed by atoms with van der Waals surface area (Å²) in [5.74, 6) is 0.328. The van der Waals surface area contributed by atoms with E-state index in [1.807, 2.05) is 0 Å². The van der Waals surface area contributed by atoms with Gasteiger partial charge in [-0.1, -0.05) is 370 Å². The molecule has 0 saturated carbocycles. The van der Waals surface area contributed by atoms with Gasteiger partial charge in [0.2, 0.25) is 0 Å². The van der Waals surface area contributed by atoms with Gasteiger partial charge in [-0.25, -0.2) is 9.13 Å². The number of carbonyl (C=O) groups excluding carboxylic acids is 4. The van der Waals surface area contributed by atoms with Crippen LogP contribution in [-0.4, -0.2) is 96.7 Å². The fourth-order valence-electron chi connectivity index (χ4n) is 12.5. The fourth-order valence-corrected chi connectivity index (χ4v) is 14.0. The zero-order chi connectivity index (χ0) is 73.7. The highest BCUT2D eigenvalue weighted by Crippen LogP contribution is 2.45. The Balaban J connectivity index is 5.21. The molecule has 6 atom stereocenters. The summed E-state index contributed by atoms with van der Waals surface area (Å²) >= 11 is 0. The largest absolute Gasteiger partial charge is 0.472 e. The van der Waals surface area contributed by atoms with Crippen LogP contribution in [0.3, 0.4) is 0 Å². The molecule has 0 aromatic carbocycles. The second kappa shape index (κ2) is 71.3. The number of unbranched alkanes of at least 4 members (excludes halogenated alkanes) is 46.